The van der Waals surface area contributed by atoms with Crippen LogP contribution in [-0.2, 0) is 39.9 Å². The van der Waals surface area contributed by atoms with Crippen LogP contribution in [0.3, 0.4) is 0 Å². The molecule has 1 aromatic carbocycles. The van der Waals surface area contributed by atoms with Crippen molar-refractivity contribution in [2.45, 2.75) is 93.8 Å². The monoisotopic (exact) mass is 659 g/mol. The topological polar surface area (TPSA) is 334 Å². The highest BCUT2D eigenvalue weighted by Crippen LogP contribution is 2.23. The van der Waals surface area contributed by atoms with E-state index < -0.39 is 110 Å². The number of carboxylic acid groups (broad SMARTS) is 1. The average molecular weight is 660 g/mol. The highest BCUT2D eigenvalue weighted by molar-refractivity contribution is 5.96. The lowest BCUT2D eigenvalue weighted by Gasteiger charge is -2.41. The fourth-order valence-electron chi connectivity index (χ4n) is 4.36. The molecule has 19 heteroatoms. The number of nitrogens with two attached hydrogens (primary N) is 2. The van der Waals surface area contributed by atoms with Crippen LogP contribution >= 0.6 is 0 Å². The molecule has 1 fully saturated rings. The molecule has 2 rings (SSSR count). The van der Waals surface area contributed by atoms with E-state index >= 15 is 0 Å². The van der Waals surface area contributed by atoms with Gasteiger partial charge in [0.05, 0.1) is 25.2 Å². The number of rotatable bonds is 16. The van der Waals surface area contributed by atoms with Crippen molar-refractivity contribution in [1.29, 1.82) is 0 Å². The molecule has 11 atom stereocenters. The number of phenolic OH excluding ortho intramolecular Hbond substituents is 1. The third kappa shape index (κ3) is 10.6. The van der Waals surface area contributed by atoms with Crippen molar-refractivity contribution < 1.29 is 69.2 Å². The van der Waals surface area contributed by atoms with E-state index in [4.69, 9.17) is 20.9 Å². The summed E-state index contributed by atoms with van der Waals surface area (Å²) in [6.07, 6.45) is -12.0. The molecule has 0 bridgehead atoms. The second-order valence-corrected chi connectivity index (χ2v) is 10.8. The summed E-state index contributed by atoms with van der Waals surface area (Å²) in [6.45, 7) is 1.65. The van der Waals surface area contributed by atoms with Crippen molar-refractivity contribution in [1.82, 2.24) is 16.0 Å². The molecule has 0 radical (unpaired) electrons. The first-order valence-electron chi connectivity index (χ1n) is 14.1. The number of aliphatic hydroxyl groups is 5. The number of carboxylic acids is 1. The average Bonchev–Trinajstić information content (AvgIpc) is 2.99. The summed E-state index contributed by atoms with van der Waals surface area (Å²) < 4.78 is 10.7. The van der Waals surface area contributed by atoms with Crippen LogP contribution in [0, 0.1) is 0 Å². The molecule has 14 N–H and O–H groups in total. The summed E-state index contributed by atoms with van der Waals surface area (Å²) >= 11 is 0. The van der Waals surface area contributed by atoms with Gasteiger partial charge >= 0.3 is 5.97 Å². The Hall–Kier alpha value is -3.95. The molecule has 1 aliphatic heterocycles. The molecule has 1 aromatic rings. The number of amides is 4. The number of aliphatic carboxylic acids is 1. The first kappa shape index (κ1) is 38.2. The number of hydrogen-bond acceptors (Lipinski definition) is 14. The standard InChI is InChI=1S/C27H41N5O14/c1-10(34)19(26(43)44)32-24(41)14(7-12-3-5-13(35)6-4-12)30-23(40)15(8-17(28)36)31-25(42)18(29)11(2)45-27-22(39)21(38)20(37)16(9-33)46-27/h3-6,10-11,14-16,18-22,27,33-35,37-39H,7-9,29H2,1-2H3,(H2,28,36)(H,30,40)(H,31,42)(H,32,41)(H,43,44)/t10-,11-,14+,15+,16-,18+,19+,20-,21+,22-,27-/m1/s1. The second-order valence-electron chi connectivity index (χ2n) is 10.8. The van der Waals surface area contributed by atoms with Crippen LogP contribution in [0.25, 0.3) is 0 Å². The predicted molar refractivity (Wildman–Crippen MR) is 153 cm³/mol. The molecule has 19 nitrogen and oxygen atoms in total. The SMILES string of the molecule is C[C@@H](O)[C@H](NC(=O)[C@H](Cc1ccc(O)cc1)NC(=O)[C@H](CC(N)=O)NC(=O)[C@@H](N)[C@@H](C)O[C@@H]1O[C@H](CO)[C@@H](O)[C@H](O)[C@H]1O)C(=O)O. The van der Waals surface area contributed by atoms with Crippen LogP contribution in [0.1, 0.15) is 25.8 Å². The Morgan fingerprint density at radius 1 is 0.913 bits per heavy atom. The normalized spacial score (nSPS) is 25.2. The molecule has 1 aliphatic rings. The predicted octanol–water partition coefficient (Wildman–Crippen LogP) is -5.74. The summed E-state index contributed by atoms with van der Waals surface area (Å²) in [5.41, 5.74) is 11.6. The van der Waals surface area contributed by atoms with Gasteiger partial charge in [0.2, 0.25) is 23.6 Å². The third-order valence-corrected chi connectivity index (χ3v) is 7.10. The van der Waals surface area contributed by atoms with Gasteiger partial charge in [0.25, 0.3) is 0 Å². The van der Waals surface area contributed by atoms with Crippen LogP contribution in [0.15, 0.2) is 24.3 Å². The van der Waals surface area contributed by atoms with Gasteiger partial charge in [0, 0.05) is 6.42 Å². The number of hydrogen-bond donors (Lipinski definition) is 12. The van der Waals surface area contributed by atoms with Crippen molar-refractivity contribution in [2.75, 3.05) is 6.61 Å². The molecule has 258 valence electrons. The van der Waals surface area contributed by atoms with Gasteiger partial charge in [-0.2, -0.15) is 0 Å². The Morgan fingerprint density at radius 2 is 1.48 bits per heavy atom. The molecule has 1 saturated heterocycles. The minimum absolute atomic E-state index is 0.0980. The second kappa shape index (κ2) is 17.1. The zero-order valence-corrected chi connectivity index (χ0v) is 24.9. The summed E-state index contributed by atoms with van der Waals surface area (Å²) in [7, 11) is 0. The van der Waals surface area contributed by atoms with Crippen LogP contribution < -0.4 is 27.4 Å². The van der Waals surface area contributed by atoms with Gasteiger partial charge in [-0.25, -0.2) is 4.79 Å². The summed E-state index contributed by atoms with van der Waals surface area (Å²) in [5, 5.41) is 74.8. The van der Waals surface area contributed by atoms with E-state index in [1.807, 2.05) is 0 Å². The van der Waals surface area contributed by atoms with Gasteiger partial charge in [-0.3, -0.25) is 19.2 Å². The van der Waals surface area contributed by atoms with Crippen molar-refractivity contribution in [3.63, 3.8) is 0 Å². The summed E-state index contributed by atoms with van der Waals surface area (Å²) in [6, 6.07) is -1.15. The smallest absolute Gasteiger partial charge is 0.328 e. The van der Waals surface area contributed by atoms with Crippen molar-refractivity contribution in [3.8, 4) is 5.75 Å². The Bertz CT molecular complexity index is 1220. The minimum atomic E-state index is -1.80. The number of phenols is 1. The fraction of sp³-hybridized carbons (Fsp3) is 0.593. The molecule has 4 amide bonds. The molecule has 0 unspecified atom stereocenters. The first-order valence-corrected chi connectivity index (χ1v) is 14.1. The lowest BCUT2D eigenvalue weighted by atomic mass is 9.99. The maximum absolute atomic E-state index is 13.3. The van der Waals surface area contributed by atoms with Crippen molar-refractivity contribution >= 4 is 29.6 Å². The van der Waals surface area contributed by atoms with Crippen molar-refractivity contribution in [2.24, 2.45) is 11.5 Å². The number of carbonyl (C=O) groups excluding carboxylic acids is 4. The fourth-order valence-corrected chi connectivity index (χ4v) is 4.36. The quantitative estimate of drug-likeness (QED) is 0.0786. The van der Waals surface area contributed by atoms with Crippen LogP contribution in [0.2, 0.25) is 0 Å². The van der Waals surface area contributed by atoms with Crippen LogP contribution in [0.4, 0.5) is 0 Å². The molecule has 0 aliphatic carbocycles. The molecule has 0 aromatic heterocycles. The lowest BCUT2D eigenvalue weighted by Crippen LogP contribution is -2.62. The zero-order valence-electron chi connectivity index (χ0n) is 24.9. The van der Waals surface area contributed by atoms with E-state index in [2.05, 4.69) is 16.0 Å². The molecule has 0 saturated carbocycles. The Balaban J connectivity index is 2.21. The Labute approximate surface area is 262 Å². The maximum Gasteiger partial charge on any atom is 0.328 e. The van der Waals surface area contributed by atoms with Crippen LogP contribution in [-0.4, -0.2) is 139 Å². The van der Waals surface area contributed by atoms with Gasteiger partial charge in [-0.05, 0) is 31.5 Å². The molecule has 1 heterocycles. The molecular weight excluding hydrogens is 618 g/mol. The van der Waals surface area contributed by atoms with E-state index in [9.17, 15) is 59.7 Å². The summed E-state index contributed by atoms with van der Waals surface area (Å²) in [4.78, 5) is 62.7. The first-order chi connectivity index (χ1) is 21.5. The van der Waals surface area contributed by atoms with Gasteiger partial charge < -0.3 is 72.6 Å². The van der Waals surface area contributed by atoms with Gasteiger partial charge in [-0.15, -0.1) is 0 Å². The van der Waals surface area contributed by atoms with Crippen molar-refractivity contribution in [3.05, 3.63) is 29.8 Å². The van der Waals surface area contributed by atoms with Gasteiger partial charge in [0.1, 0.15) is 48.3 Å². The van der Waals surface area contributed by atoms with E-state index in [0.29, 0.717) is 5.56 Å². The molecule has 46 heavy (non-hydrogen) atoms. The Kier molecular flexibility index (Phi) is 14.2. The largest absolute Gasteiger partial charge is 0.508 e. The molecular formula is C27H41N5O14. The number of primary amides is 1. The third-order valence-electron chi connectivity index (χ3n) is 7.10. The zero-order chi connectivity index (χ0) is 34.9. The van der Waals surface area contributed by atoms with E-state index in [1.165, 1.54) is 31.2 Å². The number of ether oxygens (including phenoxy) is 2. The maximum atomic E-state index is 13.3. The number of carbonyl (C=O) groups is 5. The lowest BCUT2D eigenvalue weighted by molar-refractivity contribution is -0.310. The highest BCUT2D eigenvalue weighted by atomic mass is 16.7. The number of aliphatic hydroxyl groups excluding tert-OH is 5. The minimum Gasteiger partial charge on any atom is -0.508 e. The number of nitrogens with one attached hydrogen (secondary N) is 3. The van der Waals surface area contributed by atoms with E-state index in [0.717, 1.165) is 6.92 Å². The van der Waals surface area contributed by atoms with Gasteiger partial charge in [0.15, 0.2) is 12.3 Å². The van der Waals surface area contributed by atoms with Crippen LogP contribution in [0.5, 0.6) is 5.75 Å². The molecule has 0 spiro atoms. The number of benzene rings is 1. The highest BCUT2D eigenvalue weighted by Gasteiger charge is 2.45. The van der Waals surface area contributed by atoms with E-state index in [-0.39, 0.29) is 12.2 Å². The van der Waals surface area contributed by atoms with Gasteiger partial charge in [-0.1, -0.05) is 12.1 Å². The van der Waals surface area contributed by atoms with E-state index in [1.54, 1.807) is 0 Å². The summed E-state index contributed by atoms with van der Waals surface area (Å²) in [5.74, 6) is -5.93. The number of aromatic hydroxyl groups is 1. The Morgan fingerprint density at radius 3 is 2.00 bits per heavy atom.